The van der Waals surface area contributed by atoms with Crippen LogP contribution < -0.4 is 5.32 Å². The Morgan fingerprint density at radius 2 is 1.94 bits per heavy atom. The highest BCUT2D eigenvalue weighted by Gasteiger charge is 2.25. The topological polar surface area (TPSA) is 29.1 Å². The monoisotopic (exact) mass is 347 g/mol. The van der Waals surface area contributed by atoms with E-state index < -0.39 is 4.32 Å². The van der Waals surface area contributed by atoms with Crippen LogP contribution in [-0.2, 0) is 4.79 Å². The normalized spacial score (nSPS) is 13.3. The molecule has 16 heavy (non-hydrogen) atoms. The van der Waals surface area contributed by atoms with Crippen molar-refractivity contribution in [3.8, 4) is 0 Å². The maximum atomic E-state index is 11.8. The summed E-state index contributed by atoms with van der Waals surface area (Å²) in [6.07, 6.45) is 0. The molecule has 0 saturated heterocycles. The van der Waals surface area contributed by atoms with E-state index >= 15 is 0 Å². The van der Waals surface area contributed by atoms with Crippen LogP contribution in [-0.4, -0.2) is 10.2 Å². The molecule has 1 atom stereocenters. The SMILES string of the molecule is C[C@H](NC(=O)C(C)(C)Br)c1ccccc1Br. The fourth-order valence-corrected chi connectivity index (χ4v) is 2.01. The van der Waals surface area contributed by atoms with Crippen LogP contribution in [0.15, 0.2) is 28.7 Å². The summed E-state index contributed by atoms with van der Waals surface area (Å²) in [7, 11) is 0. The number of rotatable bonds is 3. The minimum Gasteiger partial charge on any atom is -0.348 e. The Balaban J connectivity index is 2.78. The number of amides is 1. The third kappa shape index (κ3) is 3.59. The van der Waals surface area contributed by atoms with E-state index in [0.717, 1.165) is 10.0 Å². The van der Waals surface area contributed by atoms with Crippen LogP contribution in [0.2, 0.25) is 0 Å². The van der Waals surface area contributed by atoms with Crippen LogP contribution in [0.5, 0.6) is 0 Å². The van der Waals surface area contributed by atoms with Gasteiger partial charge in [0.1, 0.15) is 0 Å². The van der Waals surface area contributed by atoms with Crippen molar-refractivity contribution in [3.05, 3.63) is 34.3 Å². The predicted octanol–water partition coefficient (Wildman–Crippen LogP) is 3.80. The van der Waals surface area contributed by atoms with Crippen molar-refractivity contribution in [2.24, 2.45) is 0 Å². The van der Waals surface area contributed by atoms with Crippen LogP contribution in [0.25, 0.3) is 0 Å². The largest absolute Gasteiger partial charge is 0.348 e. The van der Waals surface area contributed by atoms with E-state index in [9.17, 15) is 4.79 Å². The average molecular weight is 349 g/mol. The Kier molecular flexibility index (Phi) is 4.56. The first kappa shape index (κ1) is 13.7. The number of carbonyl (C=O) groups excluding carboxylic acids is 1. The molecule has 1 N–H and O–H groups in total. The van der Waals surface area contributed by atoms with Crippen molar-refractivity contribution < 1.29 is 4.79 Å². The Labute approximate surface area is 113 Å². The van der Waals surface area contributed by atoms with Crippen molar-refractivity contribution in [2.45, 2.75) is 31.1 Å². The molecule has 0 unspecified atom stereocenters. The molecule has 0 saturated carbocycles. The molecule has 2 nitrogen and oxygen atoms in total. The fourth-order valence-electron chi connectivity index (χ4n) is 1.27. The molecule has 0 aromatic heterocycles. The molecule has 1 aromatic rings. The van der Waals surface area contributed by atoms with Gasteiger partial charge in [0.25, 0.3) is 0 Å². The molecule has 0 aliphatic rings. The minimum atomic E-state index is -0.539. The fraction of sp³-hybridized carbons (Fsp3) is 0.417. The van der Waals surface area contributed by atoms with Crippen molar-refractivity contribution in [3.63, 3.8) is 0 Å². The lowest BCUT2D eigenvalue weighted by Crippen LogP contribution is -2.38. The first-order valence-corrected chi connectivity index (χ1v) is 6.65. The summed E-state index contributed by atoms with van der Waals surface area (Å²) in [5, 5.41) is 2.96. The molecule has 0 heterocycles. The number of carbonyl (C=O) groups is 1. The lowest BCUT2D eigenvalue weighted by Gasteiger charge is -2.21. The molecule has 1 aromatic carbocycles. The van der Waals surface area contributed by atoms with Crippen LogP contribution in [0, 0.1) is 0 Å². The molecule has 0 fully saturated rings. The first-order valence-electron chi connectivity index (χ1n) is 5.06. The second kappa shape index (κ2) is 5.32. The summed E-state index contributed by atoms with van der Waals surface area (Å²) >= 11 is 6.81. The summed E-state index contributed by atoms with van der Waals surface area (Å²) < 4.78 is 0.470. The lowest BCUT2D eigenvalue weighted by molar-refractivity contribution is -0.123. The van der Waals surface area contributed by atoms with E-state index in [2.05, 4.69) is 37.2 Å². The zero-order valence-electron chi connectivity index (χ0n) is 9.55. The van der Waals surface area contributed by atoms with E-state index in [0.29, 0.717) is 0 Å². The van der Waals surface area contributed by atoms with Gasteiger partial charge in [0.2, 0.25) is 5.91 Å². The highest BCUT2D eigenvalue weighted by Crippen LogP contribution is 2.24. The van der Waals surface area contributed by atoms with Gasteiger partial charge in [-0.05, 0) is 32.4 Å². The van der Waals surface area contributed by atoms with Crippen molar-refractivity contribution in [2.75, 3.05) is 0 Å². The number of benzene rings is 1. The zero-order valence-corrected chi connectivity index (χ0v) is 12.7. The van der Waals surface area contributed by atoms with Crippen LogP contribution in [0.4, 0.5) is 0 Å². The molecule has 0 aliphatic carbocycles. The maximum Gasteiger partial charge on any atom is 0.236 e. The molecule has 88 valence electrons. The standard InChI is InChI=1S/C12H15Br2NO/c1-8(15-11(16)12(2,3)14)9-6-4-5-7-10(9)13/h4-8H,1-3H3,(H,15,16)/t8-/m0/s1. The van der Waals surface area contributed by atoms with Crippen LogP contribution in [0.3, 0.4) is 0 Å². The molecule has 0 aliphatic heterocycles. The molecule has 0 radical (unpaired) electrons. The summed E-state index contributed by atoms with van der Waals surface area (Å²) in [6, 6.07) is 7.87. The van der Waals surface area contributed by atoms with Gasteiger partial charge in [-0.15, -0.1) is 0 Å². The highest BCUT2D eigenvalue weighted by molar-refractivity contribution is 9.10. The molecule has 1 rings (SSSR count). The second-order valence-electron chi connectivity index (χ2n) is 4.19. The van der Waals surface area contributed by atoms with E-state index in [1.807, 2.05) is 45.0 Å². The third-order valence-electron chi connectivity index (χ3n) is 2.26. The predicted molar refractivity (Wildman–Crippen MR) is 73.7 cm³/mol. The molecule has 1 amide bonds. The van der Waals surface area contributed by atoms with E-state index in [1.165, 1.54) is 0 Å². The van der Waals surface area contributed by atoms with Gasteiger partial charge in [-0.1, -0.05) is 50.1 Å². The number of halogens is 2. The van der Waals surface area contributed by atoms with Gasteiger partial charge in [-0.3, -0.25) is 4.79 Å². The van der Waals surface area contributed by atoms with Gasteiger partial charge in [-0.25, -0.2) is 0 Å². The number of alkyl halides is 1. The first-order chi connectivity index (χ1) is 7.32. The molecule has 0 bridgehead atoms. The summed E-state index contributed by atoms with van der Waals surface area (Å²) in [5.74, 6) is -0.0178. The molecule has 4 heteroatoms. The van der Waals surface area contributed by atoms with E-state index in [-0.39, 0.29) is 11.9 Å². The van der Waals surface area contributed by atoms with Gasteiger partial charge >= 0.3 is 0 Å². The van der Waals surface area contributed by atoms with Crippen molar-refractivity contribution in [1.29, 1.82) is 0 Å². The van der Waals surface area contributed by atoms with Gasteiger partial charge < -0.3 is 5.32 Å². The van der Waals surface area contributed by atoms with E-state index in [1.54, 1.807) is 0 Å². The number of nitrogens with one attached hydrogen (secondary N) is 1. The summed E-state index contributed by atoms with van der Waals surface area (Å²) in [6.45, 7) is 5.63. The lowest BCUT2D eigenvalue weighted by atomic mass is 10.1. The Bertz CT molecular complexity index is 385. The Hall–Kier alpha value is -0.350. The number of hydrogen-bond acceptors (Lipinski definition) is 1. The summed E-state index contributed by atoms with van der Waals surface area (Å²) in [5.41, 5.74) is 1.08. The molecule has 0 spiro atoms. The zero-order chi connectivity index (χ0) is 12.3. The van der Waals surface area contributed by atoms with Gasteiger partial charge in [0, 0.05) is 4.47 Å². The van der Waals surface area contributed by atoms with Gasteiger partial charge in [0.15, 0.2) is 0 Å². The quantitative estimate of drug-likeness (QED) is 0.827. The van der Waals surface area contributed by atoms with Gasteiger partial charge in [-0.2, -0.15) is 0 Å². The highest BCUT2D eigenvalue weighted by atomic mass is 79.9. The van der Waals surface area contributed by atoms with Gasteiger partial charge in [0.05, 0.1) is 10.4 Å². The Morgan fingerprint density at radius 3 is 2.44 bits per heavy atom. The third-order valence-corrected chi connectivity index (χ3v) is 3.34. The minimum absolute atomic E-state index is 0.0140. The molecular formula is C12H15Br2NO. The molecular weight excluding hydrogens is 334 g/mol. The van der Waals surface area contributed by atoms with Crippen molar-refractivity contribution >= 4 is 37.8 Å². The van der Waals surface area contributed by atoms with Crippen LogP contribution >= 0.6 is 31.9 Å². The van der Waals surface area contributed by atoms with Crippen molar-refractivity contribution in [1.82, 2.24) is 5.32 Å². The Morgan fingerprint density at radius 1 is 1.38 bits per heavy atom. The smallest absolute Gasteiger partial charge is 0.236 e. The second-order valence-corrected chi connectivity index (χ2v) is 7.03. The average Bonchev–Trinajstić information content (AvgIpc) is 2.16. The number of hydrogen-bond donors (Lipinski definition) is 1. The maximum absolute atomic E-state index is 11.8. The van der Waals surface area contributed by atoms with E-state index in [4.69, 9.17) is 0 Å². The van der Waals surface area contributed by atoms with Crippen LogP contribution in [0.1, 0.15) is 32.4 Å². The summed E-state index contributed by atoms with van der Waals surface area (Å²) in [4.78, 5) is 11.8.